The number of fused-ring (bicyclic) bond motifs is 1. The molecule has 1 fully saturated rings. The molecule has 0 saturated heterocycles. The van der Waals surface area contributed by atoms with Crippen molar-refractivity contribution in [1.82, 2.24) is 0 Å². The highest BCUT2D eigenvalue weighted by molar-refractivity contribution is 7.20. The molecular weight excluding hydrogens is 330 g/mol. The molecule has 1 aliphatic rings. The Hall–Kier alpha value is -2.33. The summed E-state index contributed by atoms with van der Waals surface area (Å²) in [5.41, 5.74) is 0.933. The lowest BCUT2D eigenvalue weighted by Gasteiger charge is -2.29. The van der Waals surface area contributed by atoms with Crippen molar-refractivity contribution in [1.29, 1.82) is 0 Å². The summed E-state index contributed by atoms with van der Waals surface area (Å²) in [7, 11) is 1.65. The number of anilines is 1. The van der Waals surface area contributed by atoms with Crippen molar-refractivity contribution < 1.29 is 9.53 Å². The van der Waals surface area contributed by atoms with Crippen molar-refractivity contribution in [3.05, 3.63) is 59.5 Å². The first-order valence-electron chi connectivity index (χ1n) is 8.63. The SMILES string of the molecule is COc1ccc(N(C(=O)c2cc3ccccc3s2)[C@H](C)C2CC2)cc1. The second-order valence-corrected chi connectivity index (χ2v) is 7.68. The lowest BCUT2D eigenvalue weighted by atomic mass is 10.1. The minimum atomic E-state index is 0.0887. The molecule has 128 valence electrons. The maximum absolute atomic E-state index is 13.3. The van der Waals surface area contributed by atoms with Crippen LogP contribution in [0.2, 0.25) is 0 Å². The van der Waals surface area contributed by atoms with Crippen molar-refractivity contribution in [2.24, 2.45) is 5.92 Å². The van der Waals surface area contributed by atoms with E-state index in [1.54, 1.807) is 18.4 Å². The van der Waals surface area contributed by atoms with E-state index >= 15 is 0 Å². The van der Waals surface area contributed by atoms with Gasteiger partial charge in [-0.3, -0.25) is 4.79 Å². The van der Waals surface area contributed by atoms with Crippen LogP contribution in [0.15, 0.2) is 54.6 Å². The Morgan fingerprint density at radius 3 is 2.52 bits per heavy atom. The van der Waals surface area contributed by atoms with Crippen LogP contribution in [0.4, 0.5) is 5.69 Å². The van der Waals surface area contributed by atoms with Gasteiger partial charge in [0.2, 0.25) is 0 Å². The van der Waals surface area contributed by atoms with Gasteiger partial charge in [-0.2, -0.15) is 0 Å². The normalized spacial score (nSPS) is 15.1. The van der Waals surface area contributed by atoms with Crippen LogP contribution in [0, 0.1) is 5.92 Å². The van der Waals surface area contributed by atoms with Crippen LogP contribution in [0.3, 0.4) is 0 Å². The van der Waals surface area contributed by atoms with E-state index in [1.807, 2.05) is 47.4 Å². The molecule has 1 amide bonds. The largest absolute Gasteiger partial charge is 0.497 e. The molecule has 1 atom stereocenters. The van der Waals surface area contributed by atoms with Crippen molar-refractivity contribution in [2.45, 2.75) is 25.8 Å². The smallest absolute Gasteiger partial charge is 0.268 e. The third kappa shape index (κ3) is 3.14. The zero-order valence-corrected chi connectivity index (χ0v) is 15.3. The molecule has 1 aromatic heterocycles. The summed E-state index contributed by atoms with van der Waals surface area (Å²) in [5, 5.41) is 1.13. The zero-order chi connectivity index (χ0) is 17.4. The van der Waals surface area contributed by atoms with Gasteiger partial charge < -0.3 is 9.64 Å². The van der Waals surface area contributed by atoms with Crippen LogP contribution < -0.4 is 9.64 Å². The van der Waals surface area contributed by atoms with E-state index in [2.05, 4.69) is 19.1 Å². The number of hydrogen-bond donors (Lipinski definition) is 0. The Bertz CT molecular complexity index is 863. The number of hydrogen-bond acceptors (Lipinski definition) is 3. The molecule has 0 aliphatic heterocycles. The minimum absolute atomic E-state index is 0.0887. The number of rotatable bonds is 5. The van der Waals surface area contributed by atoms with Gasteiger partial charge in [0.15, 0.2) is 0 Å². The number of ether oxygens (including phenoxy) is 1. The van der Waals surface area contributed by atoms with Crippen LogP contribution in [-0.4, -0.2) is 19.1 Å². The number of carbonyl (C=O) groups excluding carboxylic acids is 1. The Kier molecular flexibility index (Phi) is 4.22. The molecule has 0 bridgehead atoms. The molecule has 0 unspecified atom stereocenters. The van der Waals surface area contributed by atoms with Crippen LogP contribution in [0.25, 0.3) is 10.1 Å². The Morgan fingerprint density at radius 2 is 1.88 bits per heavy atom. The van der Waals surface area contributed by atoms with E-state index in [9.17, 15) is 4.79 Å². The molecule has 3 aromatic rings. The van der Waals surface area contributed by atoms with E-state index in [1.165, 1.54) is 12.8 Å². The summed E-state index contributed by atoms with van der Waals surface area (Å²) < 4.78 is 6.41. The first-order valence-corrected chi connectivity index (χ1v) is 9.45. The molecule has 1 heterocycles. The summed E-state index contributed by atoms with van der Waals surface area (Å²) in [6, 6.07) is 18.2. The average Bonchev–Trinajstić information content (AvgIpc) is 3.40. The van der Waals surface area contributed by atoms with Gasteiger partial charge in [-0.15, -0.1) is 11.3 Å². The van der Waals surface area contributed by atoms with Crippen molar-refractivity contribution in [3.63, 3.8) is 0 Å². The third-order valence-electron chi connectivity index (χ3n) is 4.92. The maximum Gasteiger partial charge on any atom is 0.268 e. The highest BCUT2D eigenvalue weighted by Crippen LogP contribution is 2.38. The quantitative estimate of drug-likeness (QED) is 0.620. The lowest BCUT2D eigenvalue weighted by molar-refractivity contribution is 0.0979. The predicted octanol–water partition coefficient (Wildman–Crippen LogP) is 5.36. The molecule has 1 saturated carbocycles. The maximum atomic E-state index is 13.3. The molecule has 0 radical (unpaired) electrons. The van der Waals surface area contributed by atoms with Gasteiger partial charge in [0.25, 0.3) is 5.91 Å². The van der Waals surface area contributed by atoms with Crippen molar-refractivity contribution in [2.75, 3.05) is 12.0 Å². The van der Waals surface area contributed by atoms with Gasteiger partial charge in [-0.1, -0.05) is 18.2 Å². The van der Waals surface area contributed by atoms with Crippen LogP contribution in [-0.2, 0) is 0 Å². The highest BCUT2D eigenvalue weighted by Gasteiger charge is 2.36. The van der Waals surface area contributed by atoms with Gasteiger partial charge in [-0.05, 0) is 67.5 Å². The fraction of sp³-hybridized carbons (Fsp3) is 0.286. The van der Waals surface area contributed by atoms with Gasteiger partial charge in [0, 0.05) is 16.4 Å². The first kappa shape index (κ1) is 16.2. The predicted molar refractivity (Wildman–Crippen MR) is 104 cm³/mol. The van der Waals surface area contributed by atoms with E-state index in [4.69, 9.17) is 4.74 Å². The molecular formula is C21H21NO2S. The molecule has 0 spiro atoms. The molecule has 4 heteroatoms. The fourth-order valence-electron chi connectivity index (χ4n) is 3.28. The van der Waals surface area contributed by atoms with E-state index in [0.29, 0.717) is 5.92 Å². The zero-order valence-electron chi connectivity index (χ0n) is 14.4. The highest BCUT2D eigenvalue weighted by atomic mass is 32.1. The molecule has 4 rings (SSSR count). The summed E-state index contributed by atoms with van der Waals surface area (Å²) in [6.07, 6.45) is 2.40. The molecule has 1 aliphatic carbocycles. The van der Waals surface area contributed by atoms with Gasteiger partial charge in [-0.25, -0.2) is 0 Å². The molecule has 3 nitrogen and oxygen atoms in total. The topological polar surface area (TPSA) is 29.5 Å². The van der Waals surface area contributed by atoms with E-state index in [0.717, 1.165) is 26.4 Å². The lowest BCUT2D eigenvalue weighted by Crippen LogP contribution is -2.39. The Morgan fingerprint density at radius 1 is 1.16 bits per heavy atom. The number of carbonyl (C=O) groups is 1. The van der Waals surface area contributed by atoms with E-state index < -0.39 is 0 Å². The van der Waals surface area contributed by atoms with Gasteiger partial charge in [0.1, 0.15) is 5.75 Å². The second kappa shape index (κ2) is 6.52. The number of thiophene rings is 1. The molecule has 25 heavy (non-hydrogen) atoms. The number of benzene rings is 2. The number of amides is 1. The first-order chi connectivity index (χ1) is 12.2. The average molecular weight is 351 g/mol. The molecule has 2 aromatic carbocycles. The van der Waals surface area contributed by atoms with Gasteiger partial charge in [0.05, 0.1) is 12.0 Å². The molecule has 0 N–H and O–H groups in total. The number of nitrogens with zero attached hydrogens (tertiary/aromatic N) is 1. The van der Waals surface area contributed by atoms with Crippen molar-refractivity contribution >= 4 is 33.0 Å². The standard InChI is InChI=1S/C21H21NO2S/c1-14(15-7-8-15)22(17-9-11-18(24-2)12-10-17)21(23)20-13-16-5-3-4-6-19(16)25-20/h3-6,9-15H,7-8H2,1-2H3/t14-/m1/s1. The van der Waals surface area contributed by atoms with Gasteiger partial charge >= 0.3 is 0 Å². The van der Waals surface area contributed by atoms with Crippen molar-refractivity contribution in [3.8, 4) is 5.75 Å². The Balaban J connectivity index is 1.72. The van der Waals surface area contributed by atoms with Crippen LogP contribution >= 0.6 is 11.3 Å². The summed E-state index contributed by atoms with van der Waals surface area (Å²) >= 11 is 1.57. The van der Waals surface area contributed by atoms with Crippen LogP contribution in [0.5, 0.6) is 5.75 Å². The monoisotopic (exact) mass is 351 g/mol. The Labute approximate surface area is 151 Å². The minimum Gasteiger partial charge on any atom is -0.497 e. The second-order valence-electron chi connectivity index (χ2n) is 6.60. The summed E-state index contributed by atoms with van der Waals surface area (Å²) in [6.45, 7) is 2.16. The number of methoxy groups -OCH3 is 1. The van der Waals surface area contributed by atoms with E-state index in [-0.39, 0.29) is 11.9 Å². The van der Waals surface area contributed by atoms with Crippen LogP contribution in [0.1, 0.15) is 29.4 Å². The summed E-state index contributed by atoms with van der Waals surface area (Å²) in [5.74, 6) is 1.49. The summed E-state index contributed by atoms with van der Waals surface area (Å²) in [4.78, 5) is 16.1. The third-order valence-corrected chi connectivity index (χ3v) is 6.02. The fourth-order valence-corrected chi connectivity index (χ4v) is 4.28.